The van der Waals surface area contributed by atoms with E-state index in [9.17, 15) is 9.59 Å². The SMILES string of the molecule is CCCCCCCCCCCCCCCCCCCC(=O)OC(C)CCCCCCCCCCCCCCCCCCCCCC(=O)O. The second-order valence-electron chi connectivity index (χ2n) is 15.4. The quantitative estimate of drug-likeness (QED) is 0.0516. The monoisotopic (exact) mass is 679 g/mol. The van der Waals surface area contributed by atoms with E-state index >= 15 is 0 Å². The Morgan fingerprint density at radius 3 is 0.938 bits per heavy atom. The standard InChI is InChI=1S/C44H86O4/c1-3-4-5-6-7-8-9-10-11-15-20-23-26-29-32-35-38-41-44(47)48-42(2)39-36-33-30-27-24-21-18-16-13-12-14-17-19-22-25-28-31-34-37-40-43(45)46/h42H,3-41H2,1-2H3,(H,45,46). The first-order valence-electron chi connectivity index (χ1n) is 22.0. The van der Waals surface area contributed by atoms with Crippen molar-refractivity contribution in [2.75, 3.05) is 0 Å². The van der Waals surface area contributed by atoms with Crippen molar-refractivity contribution in [2.24, 2.45) is 0 Å². The molecule has 0 rings (SSSR count). The minimum atomic E-state index is -0.658. The van der Waals surface area contributed by atoms with Gasteiger partial charge in [0.2, 0.25) is 0 Å². The number of hydrogen-bond donors (Lipinski definition) is 1. The summed E-state index contributed by atoms with van der Waals surface area (Å²) in [4.78, 5) is 22.7. The lowest BCUT2D eigenvalue weighted by molar-refractivity contribution is -0.148. The second kappa shape index (κ2) is 40.4. The zero-order valence-electron chi connectivity index (χ0n) is 32.8. The number of rotatable bonds is 41. The first kappa shape index (κ1) is 46.9. The molecule has 0 saturated carbocycles. The summed E-state index contributed by atoms with van der Waals surface area (Å²) >= 11 is 0. The average molecular weight is 679 g/mol. The van der Waals surface area contributed by atoms with E-state index in [1.807, 2.05) is 0 Å². The van der Waals surface area contributed by atoms with Crippen molar-refractivity contribution < 1.29 is 19.4 Å². The molecule has 4 nitrogen and oxygen atoms in total. The van der Waals surface area contributed by atoms with Gasteiger partial charge in [0.05, 0.1) is 6.10 Å². The van der Waals surface area contributed by atoms with Gasteiger partial charge in [0, 0.05) is 12.8 Å². The number of carbonyl (C=O) groups excluding carboxylic acids is 1. The zero-order valence-corrected chi connectivity index (χ0v) is 32.8. The zero-order chi connectivity index (χ0) is 35.0. The van der Waals surface area contributed by atoms with Crippen molar-refractivity contribution in [1.29, 1.82) is 0 Å². The van der Waals surface area contributed by atoms with Gasteiger partial charge in [-0.3, -0.25) is 9.59 Å². The van der Waals surface area contributed by atoms with Gasteiger partial charge >= 0.3 is 11.9 Å². The molecule has 0 radical (unpaired) electrons. The predicted octanol–water partition coefficient (Wildman–Crippen LogP) is 15.2. The molecule has 0 aromatic heterocycles. The van der Waals surface area contributed by atoms with Gasteiger partial charge in [-0.15, -0.1) is 0 Å². The molecule has 1 unspecified atom stereocenters. The third-order valence-electron chi connectivity index (χ3n) is 10.3. The Bertz CT molecular complexity index is 648. The molecule has 0 heterocycles. The van der Waals surface area contributed by atoms with E-state index in [0.717, 1.165) is 25.7 Å². The van der Waals surface area contributed by atoms with E-state index in [1.165, 1.54) is 212 Å². The van der Waals surface area contributed by atoms with Gasteiger partial charge in [-0.2, -0.15) is 0 Å². The lowest BCUT2D eigenvalue weighted by Crippen LogP contribution is -2.14. The Morgan fingerprint density at radius 1 is 0.396 bits per heavy atom. The lowest BCUT2D eigenvalue weighted by Gasteiger charge is -2.13. The molecule has 48 heavy (non-hydrogen) atoms. The van der Waals surface area contributed by atoms with Crippen LogP contribution in [0.3, 0.4) is 0 Å². The fourth-order valence-electron chi connectivity index (χ4n) is 7.05. The van der Waals surface area contributed by atoms with Crippen LogP contribution in [-0.2, 0) is 14.3 Å². The number of unbranched alkanes of at least 4 members (excludes halogenated alkanes) is 34. The van der Waals surface area contributed by atoms with Crippen LogP contribution < -0.4 is 0 Å². The van der Waals surface area contributed by atoms with Gasteiger partial charge in [0.15, 0.2) is 0 Å². The highest BCUT2D eigenvalue weighted by Gasteiger charge is 2.09. The fraction of sp³-hybridized carbons (Fsp3) is 0.955. The van der Waals surface area contributed by atoms with Crippen molar-refractivity contribution in [1.82, 2.24) is 0 Å². The van der Waals surface area contributed by atoms with Crippen LogP contribution in [0.2, 0.25) is 0 Å². The molecule has 0 aliphatic carbocycles. The molecule has 4 heteroatoms. The summed E-state index contributed by atoms with van der Waals surface area (Å²) in [7, 11) is 0. The summed E-state index contributed by atoms with van der Waals surface area (Å²) in [5, 5.41) is 8.65. The average Bonchev–Trinajstić information content (AvgIpc) is 3.06. The molecule has 0 aromatic carbocycles. The van der Waals surface area contributed by atoms with Crippen molar-refractivity contribution >= 4 is 11.9 Å². The number of carboxylic acids is 1. The molecule has 0 aliphatic heterocycles. The van der Waals surface area contributed by atoms with E-state index in [0.29, 0.717) is 12.8 Å². The highest BCUT2D eigenvalue weighted by Crippen LogP contribution is 2.17. The molecule has 1 atom stereocenters. The van der Waals surface area contributed by atoms with Crippen molar-refractivity contribution in [3.8, 4) is 0 Å². The third-order valence-corrected chi connectivity index (χ3v) is 10.3. The molecule has 286 valence electrons. The lowest BCUT2D eigenvalue weighted by atomic mass is 10.0. The summed E-state index contributed by atoms with van der Waals surface area (Å²) in [6, 6.07) is 0. The van der Waals surface area contributed by atoms with Crippen LogP contribution in [0.5, 0.6) is 0 Å². The maximum Gasteiger partial charge on any atom is 0.306 e. The minimum Gasteiger partial charge on any atom is -0.481 e. The molecular weight excluding hydrogens is 592 g/mol. The second-order valence-corrected chi connectivity index (χ2v) is 15.4. The van der Waals surface area contributed by atoms with Gasteiger partial charge in [-0.1, -0.05) is 219 Å². The van der Waals surface area contributed by atoms with Gasteiger partial charge in [0.1, 0.15) is 0 Å². The molecule has 0 spiro atoms. The topological polar surface area (TPSA) is 63.6 Å². The van der Waals surface area contributed by atoms with Gasteiger partial charge < -0.3 is 9.84 Å². The van der Waals surface area contributed by atoms with Crippen LogP contribution in [0.15, 0.2) is 0 Å². The van der Waals surface area contributed by atoms with E-state index in [4.69, 9.17) is 9.84 Å². The Balaban J connectivity index is 3.25. The number of ether oxygens (including phenoxy) is 1. The van der Waals surface area contributed by atoms with E-state index in [-0.39, 0.29) is 12.1 Å². The molecule has 1 N–H and O–H groups in total. The van der Waals surface area contributed by atoms with E-state index in [2.05, 4.69) is 13.8 Å². The first-order valence-corrected chi connectivity index (χ1v) is 22.0. The van der Waals surface area contributed by atoms with Crippen LogP contribution in [0.25, 0.3) is 0 Å². The Morgan fingerprint density at radius 2 is 0.646 bits per heavy atom. The molecular formula is C44H86O4. The summed E-state index contributed by atoms with van der Waals surface area (Å²) in [6.45, 7) is 4.36. The first-order chi connectivity index (χ1) is 23.6. The van der Waals surface area contributed by atoms with Crippen LogP contribution >= 0.6 is 0 Å². The molecule has 0 saturated heterocycles. The van der Waals surface area contributed by atoms with Crippen LogP contribution in [0.1, 0.15) is 264 Å². The largest absolute Gasteiger partial charge is 0.481 e. The smallest absolute Gasteiger partial charge is 0.306 e. The highest BCUT2D eigenvalue weighted by molar-refractivity contribution is 5.69. The number of carbonyl (C=O) groups is 2. The summed E-state index contributed by atoms with van der Waals surface area (Å²) in [6.07, 6.45) is 49.9. The Hall–Kier alpha value is -1.06. The molecule has 0 fully saturated rings. The van der Waals surface area contributed by atoms with Gasteiger partial charge in [-0.25, -0.2) is 0 Å². The summed E-state index contributed by atoms with van der Waals surface area (Å²) in [5.41, 5.74) is 0. The molecule has 0 aromatic rings. The minimum absolute atomic E-state index is 0.0155. The number of esters is 1. The van der Waals surface area contributed by atoms with Crippen LogP contribution in [0, 0.1) is 0 Å². The van der Waals surface area contributed by atoms with Gasteiger partial charge in [-0.05, 0) is 32.6 Å². The molecule has 0 aliphatic rings. The molecule has 0 amide bonds. The number of carboxylic acid groups (broad SMARTS) is 1. The van der Waals surface area contributed by atoms with Crippen LogP contribution in [-0.4, -0.2) is 23.1 Å². The summed E-state index contributed by atoms with van der Waals surface area (Å²) < 4.78 is 5.67. The van der Waals surface area contributed by atoms with Crippen molar-refractivity contribution in [3.05, 3.63) is 0 Å². The normalized spacial score (nSPS) is 12.0. The van der Waals surface area contributed by atoms with Gasteiger partial charge in [0.25, 0.3) is 0 Å². The maximum absolute atomic E-state index is 12.2. The summed E-state index contributed by atoms with van der Waals surface area (Å²) in [5.74, 6) is -0.643. The molecule has 0 bridgehead atoms. The van der Waals surface area contributed by atoms with Crippen molar-refractivity contribution in [2.45, 2.75) is 270 Å². The van der Waals surface area contributed by atoms with E-state index < -0.39 is 5.97 Å². The Kier molecular flexibility index (Phi) is 39.5. The number of hydrogen-bond acceptors (Lipinski definition) is 3. The van der Waals surface area contributed by atoms with Crippen LogP contribution in [0.4, 0.5) is 0 Å². The van der Waals surface area contributed by atoms with Crippen molar-refractivity contribution in [3.63, 3.8) is 0 Å². The van der Waals surface area contributed by atoms with E-state index in [1.54, 1.807) is 0 Å². The Labute approximate surface area is 301 Å². The predicted molar refractivity (Wildman–Crippen MR) is 209 cm³/mol. The fourth-order valence-corrected chi connectivity index (χ4v) is 7.05. The third kappa shape index (κ3) is 41.1. The highest BCUT2D eigenvalue weighted by atomic mass is 16.5. The maximum atomic E-state index is 12.2. The number of aliphatic carboxylic acids is 1.